The highest BCUT2D eigenvalue weighted by molar-refractivity contribution is 5.02. The van der Waals surface area contributed by atoms with Crippen LogP contribution in [0.25, 0.3) is 0 Å². The van der Waals surface area contributed by atoms with Crippen LogP contribution in [-0.4, -0.2) is 42.3 Å². The normalized spacial score (nSPS) is 41.8. The zero-order valence-electron chi connectivity index (χ0n) is 12.5. The van der Waals surface area contributed by atoms with Gasteiger partial charge in [0.25, 0.3) is 0 Å². The topological polar surface area (TPSA) is 38.5 Å². The number of rotatable bonds is 2. The largest absolute Gasteiger partial charge is 0.376 e. The van der Waals surface area contributed by atoms with Gasteiger partial charge in [-0.15, -0.1) is 0 Å². The molecule has 1 aliphatic carbocycles. The number of hydrogen-bond donors (Lipinski definition) is 1. The Kier molecular flexibility index (Phi) is 4.05. The van der Waals surface area contributed by atoms with Crippen LogP contribution in [0.5, 0.6) is 0 Å². The van der Waals surface area contributed by atoms with Crippen LogP contribution in [0.1, 0.15) is 53.4 Å². The van der Waals surface area contributed by atoms with Gasteiger partial charge in [-0.3, -0.25) is 4.90 Å². The second-order valence-electron chi connectivity index (χ2n) is 7.27. The second-order valence-corrected chi connectivity index (χ2v) is 7.27. The zero-order valence-corrected chi connectivity index (χ0v) is 12.5. The molecule has 0 bridgehead atoms. The predicted molar refractivity (Wildman–Crippen MR) is 75.6 cm³/mol. The fourth-order valence-electron chi connectivity index (χ4n) is 4.06. The van der Waals surface area contributed by atoms with Gasteiger partial charge in [0.15, 0.2) is 0 Å². The first-order chi connectivity index (χ1) is 8.38. The number of nitrogens with two attached hydrogens (primary N) is 1. The van der Waals surface area contributed by atoms with Crippen molar-refractivity contribution >= 4 is 0 Å². The maximum Gasteiger partial charge on any atom is 0.0675 e. The van der Waals surface area contributed by atoms with Gasteiger partial charge in [0, 0.05) is 24.7 Å². The van der Waals surface area contributed by atoms with Gasteiger partial charge in [0.1, 0.15) is 0 Å². The minimum Gasteiger partial charge on any atom is -0.376 e. The molecule has 2 fully saturated rings. The Morgan fingerprint density at radius 3 is 2.61 bits per heavy atom. The van der Waals surface area contributed by atoms with Crippen molar-refractivity contribution in [2.45, 2.75) is 71.1 Å². The van der Waals surface area contributed by atoms with Crippen molar-refractivity contribution in [3.8, 4) is 0 Å². The van der Waals surface area contributed by atoms with Crippen molar-refractivity contribution in [3.63, 3.8) is 0 Å². The molecule has 2 aliphatic rings. The summed E-state index contributed by atoms with van der Waals surface area (Å²) >= 11 is 0. The van der Waals surface area contributed by atoms with E-state index in [0.29, 0.717) is 17.6 Å². The lowest BCUT2D eigenvalue weighted by atomic mass is 9.67. The van der Waals surface area contributed by atoms with Crippen LogP contribution in [0.2, 0.25) is 0 Å². The van der Waals surface area contributed by atoms with Gasteiger partial charge in [-0.05, 0) is 38.5 Å². The van der Waals surface area contributed by atoms with E-state index in [0.717, 1.165) is 19.7 Å². The third-order valence-electron chi connectivity index (χ3n) is 4.90. The summed E-state index contributed by atoms with van der Waals surface area (Å²) in [5.74, 6) is 0. The third-order valence-corrected chi connectivity index (χ3v) is 4.90. The summed E-state index contributed by atoms with van der Waals surface area (Å²) in [4.78, 5) is 2.65. The Bertz CT molecular complexity index is 292. The Hall–Kier alpha value is -0.120. The van der Waals surface area contributed by atoms with Crippen LogP contribution in [-0.2, 0) is 4.74 Å². The van der Waals surface area contributed by atoms with Crippen molar-refractivity contribution in [2.75, 3.05) is 19.7 Å². The van der Waals surface area contributed by atoms with E-state index in [1.807, 2.05) is 0 Å². The number of nitrogens with zero attached hydrogens (tertiary/aromatic N) is 1. The summed E-state index contributed by atoms with van der Waals surface area (Å²) < 4.78 is 5.77. The van der Waals surface area contributed by atoms with Crippen LogP contribution in [0.15, 0.2) is 0 Å². The molecular formula is C15H30N2O. The van der Waals surface area contributed by atoms with E-state index in [-0.39, 0.29) is 5.54 Å². The molecule has 3 heteroatoms. The molecule has 0 amide bonds. The van der Waals surface area contributed by atoms with E-state index >= 15 is 0 Å². The van der Waals surface area contributed by atoms with Crippen molar-refractivity contribution in [1.29, 1.82) is 0 Å². The lowest BCUT2D eigenvalue weighted by molar-refractivity contribution is -0.112. The Labute approximate surface area is 112 Å². The molecule has 0 aromatic carbocycles. The molecule has 0 aromatic rings. The van der Waals surface area contributed by atoms with Crippen LogP contribution in [0, 0.1) is 5.41 Å². The van der Waals surface area contributed by atoms with Crippen molar-refractivity contribution in [1.82, 2.24) is 4.90 Å². The highest BCUT2D eigenvalue weighted by Gasteiger charge is 2.46. The average molecular weight is 254 g/mol. The first kappa shape index (κ1) is 14.3. The van der Waals surface area contributed by atoms with Gasteiger partial charge in [-0.25, -0.2) is 0 Å². The van der Waals surface area contributed by atoms with Crippen LogP contribution >= 0.6 is 0 Å². The van der Waals surface area contributed by atoms with Crippen LogP contribution in [0.3, 0.4) is 0 Å². The fourth-order valence-corrected chi connectivity index (χ4v) is 4.06. The molecule has 3 atom stereocenters. The molecule has 2 N–H and O–H groups in total. The number of hydrogen-bond acceptors (Lipinski definition) is 3. The van der Waals surface area contributed by atoms with Crippen molar-refractivity contribution < 1.29 is 4.74 Å². The Morgan fingerprint density at radius 1 is 1.28 bits per heavy atom. The molecule has 3 unspecified atom stereocenters. The van der Waals surface area contributed by atoms with Gasteiger partial charge in [-0.1, -0.05) is 20.3 Å². The summed E-state index contributed by atoms with van der Waals surface area (Å²) in [5.41, 5.74) is 6.85. The summed E-state index contributed by atoms with van der Waals surface area (Å²) in [7, 11) is 0. The highest BCUT2D eigenvalue weighted by Crippen LogP contribution is 2.44. The summed E-state index contributed by atoms with van der Waals surface area (Å²) in [5, 5.41) is 0. The van der Waals surface area contributed by atoms with Gasteiger partial charge < -0.3 is 10.5 Å². The highest BCUT2D eigenvalue weighted by atomic mass is 16.5. The Balaban J connectivity index is 2.20. The van der Waals surface area contributed by atoms with Gasteiger partial charge in [-0.2, -0.15) is 0 Å². The van der Waals surface area contributed by atoms with Gasteiger partial charge in [0.05, 0.1) is 12.7 Å². The first-order valence-electron chi connectivity index (χ1n) is 7.47. The smallest absolute Gasteiger partial charge is 0.0675 e. The molecular weight excluding hydrogens is 224 g/mol. The maximum absolute atomic E-state index is 6.22. The third kappa shape index (κ3) is 2.73. The Morgan fingerprint density at radius 2 is 2.00 bits per heavy atom. The lowest BCUT2D eigenvalue weighted by Crippen LogP contribution is -2.64. The first-order valence-corrected chi connectivity index (χ1v) is 7.47. The van der Waals surface area contributed by atoms with E-state index in [4.69, 9.17) is 10.5 Å². The standard InChI is InChI=1S/C15H30N2O/c1-12-9-18-13(2)8-17(12)15(11-16)7-5-6-14(3,4)10-15/h12-13H,5-11,16H2,1-4H3. The minimum absolute atomic E-state index is 0.208. The molecule has 1 heterocycles. The summed E-state index contributed by atoms with van der Waals surface area (Å²) in [6.07, 6.45) is 5.47. The molecule has 0 radical (unpaired) electrons. The molecule has 1 saturated heterocycles. The van der Waals surface area contributed by atoms with E-state index in [1.54, 1.807) is 0 Å². The minimum atomic E-state index is 0.208. The molecule has 0 spiro atoms. The fraction of sp³-hybridized carbons (Fsp3) is 1.00. The van der Waals surface area contributed by atoms with Crippen LogP contribution < -0.4 is 5.73 Å². The zero-order chi connectivity index (χ0) is 13.4. The monoisotopic (exact) mass is 254 g/mol. The summed E-state index contributed by atoms with van der Waals surface area (Å²) in [6, 6.07) is 0.499. The van der Waals surface area contributed by atoms with E-state index in [2.05, 4.69) is 32.6 Å². The molecule has 1 saturated carbocycles. The average Bonchev–Trinajstić information content (AvgIpc) is 2.31. The molecule has 1 aliphatic heterocycles. The predicted octanol–water partition coefficient (Wildman–Crippen LogP) is 2.39. The quantitative estimate of drug-likeness (QED) is 0.822. The van der Waals surface area contributed by atoms with E-state index in [9.17, 15) is 0 Å². The van der Waals surface area contributed by atoms with Crippen molar-refractivity contribution in [3.05, 3.63) is 0 Å². The van der Waals surface area contributed by atoms with E-state index < -0.39 is 0 Å². The summed E-state index contributed by atoms with van der Waals surface area (Å²) in [6.45, 7) is 11.9. The van der Waals surface area contributed by atoms with Gasteiger partial charge in [0.2, 0.25) is 0 Å². The molecule has 106 valence electrons. The molecule has 2 rings (SSSR count). The second kappa shape index (κ2) is 5.10. The van der Waals surface area contributed by atoms with Crippen LogP contribution in [0.4, 0.5) is 0 Å². The SMILES string of the molecule is CC1CN(C2(CN)CCCC(C)(C)C2)C(C)CO1. The lowest BCUT2D eigenvalue weighted by Gasteiger charge is -2.55. The molecule has 18 heavy (non-hydrogen) atoms. The number of morpholine rings is 1. The van der Waals surface area contributed by atoms with Crippen molar-refractivity contribution in [2.24, 2.45) is 11.1 Å². The molecule has 0 aromatic heterocycles. The van der Waals surface area contributed by atoms with Gasteiger partial charge >= 0.3 is 0 Å². The maximum atomic E-state index is 6.22. The number of ether oxygens (including phenoxy) is 1. The van der Waals surface area contributed by atoms with E-state index in [1.165, 1.54) is 25.7 Å². The molecule has 3 nitrogen and oxygen atoms in total.